The smallest absolute Gasteiger partial charge is 0.137 e. The largest absolute Gasteiger partial charge is 0.378 e. The minimum atomic E-state index is 0.211. The molecular weight excluding hydrogens is 259 g/mol. The number of nitrogens with zero attached hydrogens (tertiary/aromatic N) is 2. The van der Waals surface area contributed by atoms with Crippen molar-refractivity contribution in [3.63, 3.8) is 0 Å². The SMILES string of the molecule is CCc1c(Cl)nc(CC2CCCCO2)nc1Cl. The number of aromatic nitrogens is 2. The molecule has 1 aliphatic heterocycles. The van der Waals surface area contributed by atoms with Gasteiger partial charge in [-0.05, 0) is 25.7 Å². The van der Waals surface area contributed by atoms with Crippen molar-refractivity contribution < 1.29 is 4.74 Å². The first-order valence-corrected chi connectivity index (χ1v) is 6.78. The van der Waals surface area contributed by atoms with Gasteiger partial charge in [0.15, 0.2) is 0 Å². The molecule has 17 heavy (non-hydrogen) atoms. The summed E-state index contributed by atoms with van der Waals surface area (Å²) in [5, 5.41) is 0.941. The zero-order chi connectivity index (χ0) is 12.3. The number of rotatable bonds is 3. The van der Waals surface area contributed by atoms with Gasteiger partial charge in [0, 0.05) is 18.6 Å². The highest BCUT2D eigenvalue weighted by atomic mass is 35.5. The quantitative estimate of drug-likeness (QED) is 0.792. The highest BCUT2D eigenvalue weighted by Crippen LogP contribution is 2.23. The van der Waals surface area contributed by atoms with Gasteiger partial charge < -0.3 is 4.74 Å². The Labute approximate surface area is 112 Å². The molecule has 0 aliphatic carbocycles. The fourth-order valence-electron chi connectivity index (χ4n) is 2.03. The standard InChI is InChI=1S/C12H16Cl2N2O/c1-2-9-11(13)15-10(16-12(9)14)7-8-5-3-4-6-17-8/h8H,2-7H2,1H3. The fourth-order valence-corrected chi connectivity index (χ4v) is 2.72. The van der Waals surface area contributed by atoms with E-state index >= 15 is 0 Å². The molecule has 0 saturated carbocycles. The van der Waals surface area contributed by atoms with Crippen LogP contribution in [0.5, 0.6) is 0 Å². The lowest BCUT2D eigenvalue weighted by Gasteiger charge is -2.22. The Morgan fingerprint density at radius 2 is 1.94 bits per heavy atom. The summed E-state index contributed by atoms with van der Waals surface area (Å²) in [7, 11) is 0. The van der Waals surface area contributed by atoms with Crippen molar-refractivity contribution in [1.29, 1.82) is 0 Å². The summed E-state index contributed by atoms with van der Waals surface area (Å²) in [4.78, 5) is 8.58. The second-order valence-electron chi connectivity index (χ2n) is 4.25. The minimum Gasteiger partial charge on any atom is -0.378 e. The van der Waals surface area contributed by atoms with Gasteiger partial charge in [-0.25, -0.2) is 9.97 Å². The van der Waals surface area contributed by atoms with E-state index in [1.54, 1.807) is 0 Å². The van der Waals surface area contributed by atoms with Crippen LogP contribution in [0.2, 0.25) is 10.3 Å². The van der Waals surface area contributed by atoms with Crippen LogP contribution < -0.4 is 0 Å². The van der Waals surface area contributed by atoms with Gasteiger partial charge in [0.1, 0.15) is 16.1 Å². The molecule has 1 aromatic rings. The van der Waals surface area contributed by atoms with E-state index in [0.717, 1.165) is 31.4 Å². The summed E-state index contributed by atoms with van der Waals surface area (Å²) in [6, 6.07) is 0. The Hall–Kier alpha value is -0.380. The summed E-state index contributed by atoms with van der Waals surface area (Å²) in [5.41, 5.74) is 0.821. The molecule has 0 spiro atoms. The van der Waals surface area contributed by atoms with Gasteiger partial charge in [0.25, 0.3) is 0 Å². The molecule has 0 aromatic carbocycles. The zero-order valence-electron chi connectivity index (χ0n) is 9.88. The molecule has 2 heterocycles. The van der Waals surface area contributed by atoms with Crippen molar-refractivity contribution in [2.24, 2.45) is 0 Å². The summed E-state index contributed by atoms with van der Waals surface area (Å²) in [6.07, 6.45) is 5.07. The third kappa shape index (κ3) is 3.30. The summed E-state index contributed by atoms with van der Waals surface area (Å²) in [6.45, 7) is 2.82. The lowest BCUT2D eigenvalue weighted by molar-refractivity contribution is 0.0156. The third-order valence-electron chi connectivity index (χ3n) is 2.99. The molecule has 1 saturated heterocycles. The molecule has 2 rings (SSSR count). The average molecular weight is 275 g/mol. The fraction of sp³-hybridized carbons (Fsp3) is 0.667. The van der Waals surface area contributed by atoms with E-state index in [2.05, 4.69) is 9.97 Å². The zero-order valence-corrected chi connectivity index (χ0v) is 11.4. The van der Waals surface area contributed by atoms with Crippen molar-refractivity contribution in [3.05, 3.63) is 21.7 Å². The monoisotopic (exact) mass is 274 g/mol. The van der Waals surface area contributed by atoms with Crippen molar-refractivity contribution >= 4 is 23.2 Å². The van der Waals surface area contributed by atoms with E-state index in [0.29, 0.717) is 22.6 Å². The maximum atomic E-state index is 6.08. The molecule has 0 bridgehead atoms. The molecule has 5 heteroatoms. The average Bonchev–Trinajstić information content (AvgIpc) is 2.30. The first-order valence-electron chi connectivity index (χ1n) is 6.03. The maximum absolute atomic E-state index is 6.08. The highest BCUT2D eigenvalue weighted by Gasteiger charge is 2.17. The molecule has 3 nitrogen and oxygen atoms in total. The molecule has 0 radical (unpaired) electrons. The van der Waals surface area contributed by atoms with Gasteiger partial charge in [-0.2, -0.15) is 0 Å². The van der Waals surface area contributed by atoms with E-state index in [9.17, 15) is 0 Å². The number of halogens is 2. The van der Waals surface area contributed by atoms with Gasteiger partial charge in [0.05, 0.1) is 6.10 Å². The Morgan fingerprint density at radius 1 is 1.24 bits per heavy atom. The van der Waals surface area contributed by atoms with E-state index in [-0.39, 0.29) is 6.10 Å². The van der Waals surface area contributed by atoms with Crippen LogP contribution in [0.4, 0.5) is 0 Å². The third-order valence-corrected chi connectivity index (χ3v) is 3.62. The molecule has 0 N–H and O–H groups in total. The molecule has 1 atom stereocenters. The van der Waals surface area contributed by atoms with E-state index < -0.39 is 0 Å². The summed E-state index contributed by atoms with van der Waals surface area (Å²) < 4.78 is 5.65. The highest BCUT2D eigenvalue weighted by molar-refractivity contribution is 6.34. The summed E-state index contributed by atoms with van der Waals surface area (Å²) >= 11 is 12.2. The van der Waals surface area contributed by atoms with Crippen LogP contribution in [0.3, 0.4) is 0 Å². The van der Waals surface area contributed by atoms with E-state index in [4.69, 9.17) is 27.9 Å². The molecular formula is C12H16Cl2N2O. The Morgan fingerprint density at radius 3 is 2.47 bits per heavy atom. The summed E-state index contributed by atoms with van der Waals surface area (Å²) in [5.74, 6) is 0.684. The van der Waals surface area contributed by atoms with E-state index in [1.807, 2.05) is 6.92 Å². The van der Waals surface area contributed by atoms with Crippen LogP contribution in [0.1, 0.15) is 37.6 Å². The van der Waals surface area contributed by atoms with Gasteiger partial charge in [-0.3, -0.25) is 0 Å². The van der Waals surface area contributed by atoms with Gasteiger partial charge in [-0.1, -0.05) is 30.1 Å². The van der Waals surface area contributed by atoms with Crippen LogP contribution in [-0.2, 0) is 17.6 Å². The van der Waals surface area contributed by atoms with Gasteiger partial charge in [0.2, 0.25) is 0 Å². The topological polar surface area (TPSA) is 35.0 Å². The second kappa shape index (κ2) is 5.98. The van der Waals surface area contributed by atoms with Crippen LogP contribution in [-0.4, -0.2) is 22.7 Å². The minimum absolute atomic E-state index is 0.211. The van der Waals surface area contributed by atoms with Gasteiger partial charge >= 0.3 is 0 Å². The molecule has 94 valence electrons. The predicted octanol–water partition coefficient (Wildman–Crippen LogP) is 3.46. The van der Waals surface area contributed by atoms with Crippen molar-refractivity contribution in [2.45, 2.75) is 45.1 Å². The lowest BCUT2D eigenvalue weighted by atomic mass is 10.1. The number of hydrogen-bond donors (Lipinski definition) is 0. The van der Waals surface area contributed by atoms with Crippen molar-refractivity contribution in [2.75, 3.05) is 6.61 Å². The van der Waals surface area contributed by atoms with Crippen LogP contribution in [0, 0.1) is 0 Å². The van der Waals surface area contributed by atoms with Gasteiger partial charge in [-0.15, -0.1) is 0 Å². The second-order valence-corrected chi connectivity index (χ2v) is 4.96. The normalized spacial score (nSPS) is 20.5. The molecule has 0 amide bonds. The maximum Gasteiger partial charge on any atom is 0.137 e. The molecule has 1 unspecified atom stereocenters. The predicted molar refractivity (Wildman–Crippen MR) is 68.7 cm³/mol. The van der Waals surface area contributed by atoms with Crippen LogP contribution in [0.15, 0.2) is 0 Å². The van der Waals surface area contributed by atoms with Crippen molar-refractivity contribution in [3.8, 4) is 0 Å². The van der Waals surface area contributed by atoms with Crippen LogP contribution in [0.25, 0.3) is 0 Å². The molecule has 1 aliphatic rings. The molecule has 1 aromatic heterocycles. The lowest BCUT2D eigenvalue weighted by Crippen LogP contribution is -2.22. The Balaban J connectivity index is 2.10. The van der Waals surface area contributed by atoms with Crippen LogP contribution >= 0.6 is 23.2 Å². The van der Waals surface area contributed by atoms with E-state index in [1.165, 1.54) is 6.42 Å². The Bertz CT molecular complexity index is 369. The number of ether oxygens (including phenoxy) is 1. The van der Waals surface area contributed by atoms with Crippen molar-refractivity contribution in [1.82, 2.24) is 9.97 Å². The first-order chi connectivity index (χ1) is 8.20. The molecule has 1 fully saturated rings. The Kier molecular flexibility index (Phi) is 4.60. The first kappa shape index (κ1) is 13.1. The number of hydrogen-bond acceptors (Lipinski definition) is 3.